The van der Waals surface area contributed by atoms with Crippen molar-refractivity contribution in [1.29, 1.82) is 0 Å². The van der Waals surface area contributed by atoms with E-state index >= 15 is 0 Å². The quantitative estimate of drug-likeness (QED) is 0.899. The average molecular weight is 319 g/mol. The fourth-order valence-electron chi connectivity index (χ4n) is 2.77. The van der Waals surface area contributed by atoms with Gasteiger partial charge in [0.15, 0.2) is 0 Å². The molecule has 0 radical (unpaired) electrons. The van der Waals surface area contributed by atoms with Crippen molar-refractivity contribution in [3.8, 4) is 6.01 Å². The van der Waals surface area contributed by atoms with Crippen LogP contribution in [0.4, 0.5) is 9.59 Å². The number of ether oxygens (including phenoxy) is 1. The normalized spacial score (nSPS) is 21.3. The number of aromatic nitrogens is 2. The van der Waals surface area contributed by atoms with Crippen molar-refractivity contribution in [1.82, 2.24) is 25.1 Å². The second kappa shape index (κ2) is 6.80. The van der Waals surface area contributed by atoms with Crippen molar-refractivity contribution >= 4 is 12.1 Å². The number of hydrogen-bond acceptors (Lipinski definition) is 5. The summed E-state index contributed by atoms with van der Waals surface area (Å²) in [7, 11) is 0. The molecule has 2 aliphatic rings. The number of rotatable bonds is 3. The van der Waals surface area contributed by atoms with Crippen LogP contribution in [0.5, 0.6) is 6.01 Å². The van der Waals surface area contributed by atoms with E-state index in [0.717, 1.165) is 24.8 Å². The van der Waals surface area contributed by atoms with Crippen molar-refractivity contribution < 1.29 is 14.3 Å². The van der Waals surface area contributed by atoms with Crippen LogP contribution in [0, 0.1) is 0 Å². The maximum absolute atomic E-state index is 12.4. The Morgan fingerprint density at radius 3 is 2.83 bits per heavy atom. The number of carbonyl (C=O) groups is 2. The maximum atomic E-state index is 12.4. The van der Waals surface area contributed by atoms with Gasteiger partial charge in [0.2, 0.25) is 0 Å². The van der Waals surface area contributed by atoms with E-state index < -0.39 is 0 Å². The van der Waals surface area contributed by atoms with Gasteiger partial charge in [-0.2, -0.15) is 0 Å². The molecule has 1 atom stereocenters. The van der Waals surface area contributed by atoms with Crippen molar-refractivity contribution in [2.45, 2.75) is 32.3 Å². The van der Waals surface area contributed by atoms with Crippen LogP contribution in [0.2, 0.25) is 0 Å². The Balaban J connectivity index is 1.59. The van der Waals surface area contributed by atoms with E-state index in [9.17, 15) is 9.59 Å². The fraction of sp³-hybridized carbons (Fsp3) is 0.600. The number of nitrogens with zero attached hydrogens (tertiary/aromatic N) is 4. The topological polar surface area (TPSA) is 87.7 Å². The number of amides is 4. The van der Waals surface area contributed by atoms with Gasteiger partial charge in [-0.15, -0.1) is 0 Å². The lowest BCUT2D eigenvalue weighted by Gasteiger charge is -2.33. The minimum absolute atomic E-state index is 0.147. The Kier molecular flexibility index (Phi) is 4.59. The molecule has 1 aromatic heterocycles. The molecule has 8 nitrogen and oxygen atoms in total. The lowest BCUT2D eigenvalue weighted by atomic mass is 10.1. The molecule has 124 valence electrons. The number of likely N-dealkylation sites (tertiary alicyclic amines) is 1. The zero-order valence-corrected chi connectivity index (χ0v) is 13.2. The Morgan fingerprint density at radius 1 is 1.39 bits per heavy atom. The van der Waals surface area contributed by atoms with E-state index in [1.165, 1.54) is 4.90 Å². The summed E-state index contributed by atoms with van der Waals surface area (Å²) in [4.78, 5) is 35.3. The molecule has 0 spiro atoms. The average Bonchev–Trinajstić information content (AvgIpc) is 3.01. The highest BCUT2D eigenvalue weighted by molar-refractivity contribution is 5.95. The second-order valence-electron chi connectivity index (χ2n) is 5.72. The number of imide groups is 1. The molecule has 0 bridgehead atoms. The first-order valence-corrected chi connectivity index (χ1v) is 7.99. The van der Waals surface area contributed by atoms with Crippen molar-refractivity contribution in [2.75, 3.05) is 26.2 Å². The third kappa shape index (κ3) is 3.52. The number of hydrogen-bond donors (Lipinski definition) is 1. The Labute approximate surface area is 134 Å². The minimum atomic E-state index is -0.323. The summed E-state index contributed by atoms with van der Waals surface area (Å²) < 4.78 is 5.79. The third-order valence-corrected chi connectivity index (χ3v) is 4.10. The largest absolute Gasteiger partial charge is 0.458 e. The molecular formula is C15H21N5O3. The van der Waals surface area contributed by atoms with Crippen molar-refractivity contribution in [3.05, 3.63) is 18.0 Å². The molecule has 1 aromatic rings. The van der Waals surface area contributed by atoms with E-state index in [4.69, 9.17) is 4.74 Å². The molecule has 0 aromatic carbocycles. The van der Waals surface area contributed by atoms with E-state index in [0.29, 0.717) is 32.2 Å². The maximum Gasteiger partial charge on any atom is 0.328 e. The Hall–Kier alpha value is -2.38. The first-order chi connectivity index (χ1) is 11.2. The Morgan fingerprint density at radius 2 is 2.17 bits per heavy atom. The van der Waals surface area contributed by atoms with Gasteiger partial charge in [0.05, 0.1) is 6.54 Å². The third-order valence-electron chi connectivity index (χ3n) is 4.10. The van der Waals surface area contributed by atoms with Gasteiger partial charge in [-0.3, -0.25) is 0 Å². The standard InChI is InChI=1S/C15H21N5O3/c1-2-11-8-17-13(18-9-11)23-12-4-3-6-19(10-12)15(22)20-7-5-16-14(20)21/h8-9,12H,2-7,10H2,1H3,(H,16,21). The van der Waals surface area contributed by atoms with Crippen LogP contribution < -0.4 is 10.1 Å². The summed E-state index contributed by atoms with van der Waals surface area (Å²) >= 11 is 0. The van der Waals surface area contributed by atoms with Gasteiger partial charge in [0, 0.05) is 32.0 Å². The van der Waals surface area contributed by atoms with Crippen LogP contribution in [-0.4, -0.2) is 64.1 Å². The number of piperidine rings is 1. The van der Waals surface area contributed by atoms with Gasteiger partial charge in [0.25, 0.3) is 0 Å². The van der Waals surface area contributed by atoms with Gasteiger partial charge in [0.1, 0.15) is 6.10 Å². The highest BCUT2D eigenvalue weighted by Gasteiger charge is 2.33. The fourth-order valence-corrected chi connectivity index (χ4v) is 2.77. The van der Waals surface area contributed by atoms with Crippen LogP contribution in [-0.2, 0) is 6.42 Å². The first kappa shape index (κ1) is 15.5. The van der Waals surface area contributed by atoms with Crippen LogP contribution >= 0.6 is 0 Å². The van der Waals surface area contributed by atoms with Crippen LogP contribution in [0.15, 0.2) is 12.4 Å². The smallest absolute Gasteiger partial charge is 0.328 e. The first-order valence-electron chi connectivity index (χ1n) is 7.99. The zero-order chi connectivity index (χ0) is 16.2. The molecule has 1 unspecified atom stereocenters. The lowest BCUT2D eigenvalue weighted by Crippen LogP contribution is -2.50. The molecule has 0 saturated carbocycles. The predicted molar refractivity (Wildman–Crippen MR) is 82.1 cm³/mol. The van der Waals surface area contributed by atoms with Gasteiger partial charge in [-0.25, -0.2) is 24.5 Å². The van der Waals surface area contributed by atoms with Crippen LogP contribution in [0.1, 0.15) is 25.3 Å². The molecule has 8 heteroatoms. The summed E-state index contributed by atoms with van der Waals surface area (Å²) in [6, 6.07) is -0.243. The molecule has 2 fully saturated rings. The number of carbonyl (C=O) groups excluding carboxylic acids is 2. The van der Waals surface area contributed by atoms with Gasteiger partial charge < -0.3 is 15.0 Å². The highest BCUT2D eigenvalue weighted by atomic mass is 16.5. The van der Waals surface area contributed by atoms with Crippen LogP contribution in [0.25, 0.3) is 0 Å². The van der Waals surface area contributed by atoms with Crippen molar-refractivity contribution in [2.24, 2.45) is 0 Å². The summed E-state index contributed by atoms with van der Waals surface area (Å²) in [6.07, 6.45) is 5.91. The number of urea groups is 2. The van der Waals surface area contributed by atoms with Gasteiger partial charge in [-0.05, 0) is 24.8 Å². The molecule has 3 rings (SSSR count). The van der Waals surface area contributed by atoms with Crippen LogP contribution in [0.3, 0.4) is 0 Å². The zero-order valence-electron chi connectivity index (χ0n) is 13.2. The van der Waals surface area contributed by atoms with E-state index in [-0.39, 0.29) is 18.2 Å². The monoisotopic (exact) mass is 319 g/mol. The van der Waals surface area contributed by atoms with Gasteiger partial charge in [-0.1, -0.05) is 6.92 Å². The summed E-state index contributed by atoms with van der Waals surface area (Å²) in [5, 5.41) is 2.64. The van der Waals surface area contributed by atoms with Crippen molar-refractivity contribution in [3.63, 3.8) is 0 Å². The number of aryl methyl sites for hydroxylation is 1. The molecule has 23 heavy (non-hydrogen) atoms. The molecular weight excluding hydrogens is 298 g/mol. The number of nitrogens with one attached hydrogen (secondary N) is 1. The Bertz CT molecular complexity index is 577. The lowest BCUT2D eigenvalue weighted by molar-refractivity contribution is 0.0848. The molecule has 1 N–H and O–H groups in total. The van der Waals surface area contributed by atoms with E-state index in [1.54, 1.807) is 17.3 Å². The SMILES string of the molecule is CCc1cnc(OC2CCCN(C(=O)N3CCNC3=O)C2)nc1. The predicted octanol–water partition coefficient (Wildman–Crippen LogP) is 1.03. The molecule has 4 amide bonds. The second-order valence-corrected chi connectivity index (χ2v) is 5.72. The van der Waals surface area contributed by atoms with E-state index in [2.05, 4.69) is 15.3 Å². The molecule has 3 heterocycles. The summed E-state index contributed by atoms with van der Waals surface area (Å²) in [5.74, 6) is 0. The molecule has 2 saturated heterocycles. The summed E-state index contributed by atoms with van der Waals surface area (Å²) in [5.41, 5.74) is 1.05. The molecule has 2 aliphatic heterocycles. The minimum Gasteiger partial charge on any atom is -0.458 e. The molecule has 0 aliphatic carbocycles. The summed E-state index contributed by atoms with van der Waals surface area (Å²) in [6.45, 7) is 4.05. The highest BCUT2D eigenvalue weighted by Crippen LogP contribution is 2.17. The van der Waals surface area contributed by atoms with Gasteiger partial charge >= 0.3 is 18.1 Å². The van der Waals surface area contributed by atoms with E-state index in [1.807, 2.05) is 6.92 Å².